The zero-order valence-corrected chi connectivity index (χ0v) is 21.1. The van der Waals surface area contributed by atoms with Crippen molar-refractivity contribution in [3.05, 3.63) is 87.0 Å². The van der Waals surface area contributed by atoms with Crippen LogP contribution in [0.1, 0.15) is 39.9 Å². The molecule has 1 fully saturated rings. The zero-order valence-electron chi connectivity index (χ0n) is 19.6. The summed E-state index contributed by atoms with van der Waals surface area (Å²) in [5.74, 6) is 0.677. The third kappa shape index (κ3) is 4.96. The van der Waals surface area contributed by atoms with E-state index in [1.807, 2.05) is 43.3 Å². The number of amides is 1. The highest BCUT2D eigenvalue weighted by Gasteiger charge is 2.36. The topological polar surface area (TPSA) is 68.7 Å². The Kier molecular flexibility index (Phi) is 6.62. The van der Waals surface area contributed by atoms with E-state index in [2.05, 4.69) is 15.2 Å². The minimum absolute atomic E-state index is 0.0717. The summed E-state index contributed by atoms with van der Waals surface area (Å²) >= 11 is 12.6. The number of benzene rings is 2. The SMILES string of the molecule is Cc1ccc(C2(O)CCN(C(=O)c3cnc4c(c3)N(Cc3cc(Cl)ccc3Cl)CCN4)CC2)cc1. The number of aromatic nitrogens is 1. The van der Waals surface area contributed by atoms with Crippen LogP contribution in [0, 0.1) is 6.92 Å². The number of halogens is 2. The maximum atomic E-state index is 13.4. The first kappa shape index (κ1) is 23.9. The van der Waals surface area contributed by atoms with Gasteiger partial charge in [-0.3, -0.25) is 4.79 Å². The molecule has 0 radical (unpaired) electrons. The smallest absolute Gasteiger partial charge is 0.255 e. The fourth-order valence-electron chi connectivity index (χ4n) is 4.83. The van der Waals surface area contributed by atoms with E-state index >= 15 is 0 Å². The Balaban J connectivity index is 1.32. The maximum absolute atomic E-state index is 13.4. The molecule has 182 valence electrons. The third-order valence-corrected chi connectivity index (χ3v) is 7.57. The molecular weight excluding hydrogens is 483 g/mol. The summed E-state index contributed by atoms with van der Waals surface area (Å²) < 4.78 is 0. The molecule has 3 heterocycles. The molecule has 6 nitrogen and oxygen atoms in total. The van der Waals surface area contributed by atoms with Gasteiger partial charge in [-0.1, -0.05) is 53.0 Å². The van der Waals surface area contributed by atoms with E-state index in [1.54, 1.807) is 23.2 Å². The van der Waals surface area contributed by atoms with Gasteiger partial charge in [0, 0.05) is 49.0 Å². The number of piperidine rings is 1. The van der Waals surface area contributed by atoms with E-state index in [1.165, 1.54) is 0 Å². The molecule has 3 aromatic rings. The van der Waals surface area contributed by atoms with Gasteiger partial charge in [-0.2, -0.15) is 0 Å². The van der Waals surface area contributed by atoms with Crippen LogP contribution < -0.4 is 10.2 Å². The number of carbonyl (C=O) groups is 1. The molecule has 0 aliphatic carbocycles. The van der Waals surface area contributed by atoms with Crippen molar-refractivity contribution in [3.63, 3.8) is 0 Å². The van der Waals surface area contributed by atoms with Crippen molar-refractivity contribution in [1.29, 1.82) is 0 Å². The molecule has 2 aromatic carbocycles. The Labute approximate surface area is 215 Å². The summed E-state index contributed by atoms with van der Waals surface area (Å²) in [5.41, 5.74) is 3.49. The van der Waals surface area contributed by atoms with E-state index in [0.29, 0.717) is 48.1 Å². The molecule has 0 spiro atoms. The van der Waals surface area contributed by atoms with Crippen molar-refractivity contribution in [1.82, 2.24) is 9.88 Å². The van der Waals surface area contributed by atoms with Gasteiger partial charge in [0.25, 0.3) is 5.91 Å². The molecular formula is C27H28Cl2N4O2. The highest BCUT2D eigenvalue weighted by Crippen LogP contribution is 2.35. The van der Waals surface area contributed by atoms with Crippen LogP contribution in [0.25, 0.3) is 0 Å². The molecule has 1 amide bonds. The monoisotopic (exact) mass is 510 g/mol. The number of fused-ring (bicyclic) bond motifs is 1. The number of nitrogens with one attached hydrogen (secondary N) is 1. The number of aryl methyl sites for hydroxylation is 1. The maximum Gasteiger partial charge on any atom is 0.255 e. The summed E-state index contributed by atoms with van der Waals surface area (Å²) in [5, 5.41) is 15.8. The molecule has 8 heteroatoms. The second-order valence-corrected chi connectivity index (χ2v) is 10.2. The molecule has 1 saturated heterocycles. The Morgan fingerprint density at radius 3 is 2.57 bits per heavy atom. The Bertz CT molecular complexity index is 1240. The number of pyridine rings is 1. The summed E-state index contributed by atoms with van der Waals surface area (Å²) in [4.78, 5) is 21.9. The Morgan fingerprint density at radius 1 is 1.09 bits per heavy atom. The van der Waals surface area contributed by atoms with Crippen molar-refractivity contribution in [3.8, 4) is 0 Å². The summed E-state index contributed by atoms with van der Waals surface area (Å²) in [6, 6.07) is 15.3. The standard InChI is InChI=1S/C27H28Cl2N4O2/c1-18-2-4-21(5-3-18)27(35)8-11-32(12-9-27)26(34)19-15-24-25(31-16-19)30-10-13-33(24)17-20-14-22(28)6-7-23(20)29/h2-7,14-16,35H,8-13,17H2,1H3,(H,30,31). The molecule has 0 bridgehead atoms. The lowest BCUT2D eigenvalue weighted by Crippen LogP contribution is -2.45. The molecule has 0 saturated carbocycles. The lowest BCUT2D eigenvalue weighted by atomic mass is 9.84. The largest absolute Gasteiger partial charge is 0.385 e. The van der Waals surface area contributed by atoms with Crippen LogP contribution in [-0.2, 0) is 12.1 Å². The molecule has 2 aliphatic heterocycles. The van der Waals surface area contributed by atoms with Crippen LogP contribution in [0.15, 0.2) is 54.7 Å². The van der Waals surface area contributed by atoms with Crippen molar-refractivity contribution >= 4 is 40.6 Å². The Morgan fingerprint density at radius 2 is 1.83 bits per heavy atom. The van der Waals surface area contributed by atoms with Crippen LogP contribution in [0.4, 0.5) is 11.5 Å². The fraction of sp³-hybridized carbons (Fsp3) is 0.333. The van der Waals surface area contributed by atoms with Gasteiger partial charge in [0.1, 0.15) is 5.82 Å². The first-order chi connectivity index (χ1) is 16.8. The van der Waals surface area contributed by atoms with Gasteiger partial charge in [-0.15, -0.1) is 0 Å². The van der Waals surface area contributed by atoms with Gasteiger partial charge < -0.3 is 20.2 Å². The number of aliphatic hydroxyl groups is 1. The number of anilines is 2. The molecule has 2 N–H and O–H groups in total. The van der Waals surface area contributed by atoms with Crippen molar-refractivity contribution in [2.75, 3.05) is 36.4 Å². The van der Waals surface area contributed by atoms with Crippen molar-refractivity contribution in [2.24, 2.45) is 0 Å². The molecule has 2 aliphatic rings. The van der Waals surface area contributed by atoms with E-state index in [4.69, 9.17) is 23.2 Å². The van der Waals surface area contributed by atoms with Crippen LogP contribution in [0.3, 0.4) is 0 Å². The van der Waals surface area contributed by atoms with Gasteiger partial charge in [-0.05, 0) is 55.2 Å². The number of hydrogen-bond acceptors (Lipinski definition) is 5. The van der Waals surface area contributed by atoms with Crippen LogP contribution >= 0.6 is 23.2 Å². The highest BCUT2D eigenvalue weighted by molar-refractivity contribution is 6.33. The minimum Gasteiger partial charge on any atom is -0.385 e. The number of carbonyl (C=O) groups excluding carboxylic acids is 1. The summed E-state index contributed by atoms with van der Waals surface area (Å²) in [6.07, 6.45) is 2.63. The van der Waals surface area contributed by atoms with Gasteiger partial charge in [-0.25, -0.2) is 4.98 Å². The first-order valence-electron chi connectivity index (χ1n) is 11.8. The Hall–Kier alpha value is -2.80. The molecule has 35 heavy (non-hydrogen) atoms. The average Bonchev–Trinajstić information content (AvgIpc) is 2.86. The predicted molar refractivity (Wildman–Crippen MR) is 140 cm³/mol. The lowest BCUT2D eigenvalue weighted by Gasteiger charge is -2.39. The van der Waals surface area contributed by atoms with E-state index in [9.17, 15) is 9.90 Å². The molecule has 0 atom stereocenters. The van der Waals surface area contributed by atoms with Crippen molar-refractivity contribution in [2.45, 2.75) is 31.9 Å². The number of nitrogens with zero attached hydrogens (tertiary/aromatic N) is 3. The van der Waals surface area contributed by atoms with E-state index in [0.717, 1.165) is 41.3 Å². The second kappa shape index (κ2) is 9.69. The van der Waals surface area contributed by atoms with E-state index in [-0.39, 0.29) is 5.91 Å². The van der Waals surface area contributed by atoms with Crippen LogP contribution in [0.2, 0.25) is 10.0 Å². The van der Waals surface area contributed by atoms with Crippen LogP contribution in [-0.4, -0.2) is 47.1 Å². The van der Waals surface area contributed by atoms with Gasteiger partial charge >= 0.3 is 0 Å². The molecule has 1 aromatic heterocycles. The van der Waals surface area contributed by atoms with Crippen molar-refractivity contribution < 1.29 is 9.90 Å². The summed E-state index contributed by atoms with van der Waals surface area (Å²) in [6.45, 7) is 5.07. The summed E-state index contributed by atoms with van der Waals surface area (Å²) in [7, 11) is 0. The second-order valence-electron chi connectivity index (χ2n) is 9.37. The average molecular weight is 511 g/mol. The zero-order chi connectivity index (χ0) is 24.6. The number of likely N-dealkylation sites (tertiary alicyclic amines) is 1. The minimum atomic E-state index is -0.907. The molecule has 0 unspecified atom stereocenters. The van der Waals surface area contributed by atoms with Gasteiger partial charge in [0.2, 0.25) is 0 Å². The van der Waals surface area contributed by atoms with Gasteiger partial charge in [0.15, 0.2) is 0 Å². The van der Waals surface area contributed by atoms with Crippen LogP contribution in [0.5, 0.6) is 0 Å². The quantitative estimate of drug-likeness (QED) is 0.501. The third-order valence-electron chi connectivity index (χ3n) is 6.97. The number of hydrogen-bond donors (Lipinski definition) is 2. The highest BCUT2D eigenvalue weighted by atomic mass is 35.5. The first-order valence-corrected chi connectivity index (χ1v) is 12.6. The fourth-order valence-corrected chi connectivity index (χ4v) is 5.20. The molecule has 5 rings (SSSR count). The predicted octanol–water partition coefficient (Wildman–Crippen LogP) is 5.25. The normalized spacial score (nSPS) is 17.0. The number of rotatable bonds is 4. The van der Waals surface area contributed by atoms with E-state index < -0.39 is 5.60 Å². The lowest BCUT2D eigenvalue weighted by molar-refractivity contribution is -0.0211. The van der Waals surface area contributed by atoms with Gasteiger partial charge in [0.05, 0.1) is 16.9 Å².